The summed E-state index contributed by atoms with van der Waals surface area (Å²) in [5, 5.41) is 10.2. The van der Waals surface area contributed by atoms with Crippen molar-refractivity contribution < 1.29 is 24.1 Å². The first-order valence-corrected chi connectivity index (χ1v) is 8.60. The largest absolute Gasteiger partial charge is 0.463 e. The molecule has 0 aromatic heterocycles. The fourth-order valence-electron chi connectivity index (χ4n) is 2.90. The first-order chi connectivity index (χ1) is 10.4. The fourth-order valence-corrected chi connectivity index (χ4v) is 2.90. The number of aliphatic hydroxyl groups is 1. The van der Waals surface area contributed by atoms with Crippen molar-refractivity contribution in [1.29, 1.82) is 0 Å². The molecule has 0 spiro atoms. The number of carbonyl (C=O) groups excluding carboxylic acids is 1. The van der Waals surface area contributed by atoms with Crippen LogP contribution in [0, 0.1) is 0 Å². The van der Waals surface area contributed by atoms with Gasteiger partial charge >= 0.3 is 5.97 Å². The molecule has 1 aliphatic rings. The molecule has 0 aromatic rings. The Labute approximate surface area is 134 Å². The van der Waals surface area contributed by atoms with E-state index >= 15 is 0 Å². The quantitative estimate of drug-likeness (QED) is 0.662. The van der Waals surface area contributed by atoms with Crippen molar-refractivity contribution in [1.82, 2.24) is 0 Å². The molecule has 5 unspecified atom stereocenters. The maximum atomic E-state index is 10.9. The summed E-state index contributed by atoms with van der Waals surface area (Å²) in [6.45, 7) is 7.45. The average molecular weight is 316 g/mol. The molecule has 5 heteroatoms. The van der Waals surface area contributed by atoms with Crippen LogP contribution in [0.25, 0.3) is 0 Å². The summed E-state index contributed by atoms with van der Waals surface area (Å²) >= 11 is 0. The van der Waals surface area contributed by atoms with Crippen LogP contribution in [-0.2, 0) is 19.0 Å². The van der Waals surface area contributed by atoms with E-state index in [9.17, 15) is 9.90 Å². The Bertz CT molecular complexity index is 320. The second-order valence-corrected chi connectivity index (χ2v) is 6.28. The second kappa shape index (κ2) is 10.2. The lowest BCUT2D eigenvalue weighted by molar-refractivity contribution is -0.249. The van der Waals surface area contributed by atoms with Gasteiger partial charge in [-0.25, -0.2) is 0 Å². The predicted molar refractivity (Wildman–Crippen MR) is 84.4 cm³/mol. The van der Waals surface area contributed by atoms with Crippen molar-refractivity contribution in [2.75, 3.05) is 0 Å². The van der Waals surface area contributed by atoms with E-state index in [2.05, 4.69) is 13.8 Å². The Morgan fingerprint density at radius 3 is 2.59 bits per heavy atom. The van der Waals surface area contributed by atoms with Crippen LogP contribution in [0.5, 0.6) is 0 Å². The van der Waals surface area contributed by atoms with Gasteiger partial charge in [-0.1, -0.05) is 20.3 Å². The minimum Gasteiger partial charge on any atom is -0.463 e. The lowest BCUT2D eigenvalue weighted by Gasteiger charge is -2.36. The van der Waals surface area contributed by atoms with E-state index in [-0.39, 0.29) is 30.6 Å². The van der Waals surface area contributed by atoms with E-state index in [1.165, 1.54) is 6.92 Å². The molecule has 1 N–H and O–H groups in total. The number of unbranched alkanes of at least 4 members (excludes halogenated alkanes) is 1. The van der Waals surface area contributed by atoms with E-state index in [0.29, 0.717) is 12.8 Å². The van der Waals surface area contributed by atoms with Gasteiger partial charge in [0.1, 0.15) is 6.10 Å². The van der Waals surface area contributed by atoms with E-state index in [0.717, 1.165) is 32.1 Å². The third-order valence-electron chi connectivity index (χ3n) is 3.97. The molecule has 0 radical (unpaired) electrons. The summed E-state index contributed by atoms with van der Waals surface area (Å²) in [5.41, 5.74) is 0. The Kier molecular flexibility index (Phi) is 8.98. The predicted octanol–water partition coefficient (Wildman–Crippen LogP) is 3.18. The molecular weight excluding hydrogens is 284 g/mol. The van der Waals surface area contributed by atoms with Gasteiger partial charge in [-0.3, -0.25) is 4.79 Å². The summed E-state index contributed by atoms with van der Waals surface area (Å²) in [7, 11) is 0. The zero-order valence-electron chi connectivity index (χ0n) is 14.4. The summed E-state index contributed by atoms with van der Waals surface area (Å²) in [6.07, 6.45) is 5.16. The number of aliphatic hydroxyl groups excluding tert-OH is 1. The third kappa shape index (κ3) is 7.56. The Morgan fingerprint density at radius 2 is 2.00 bits per heavy atom. The molecule has 130 valence electrons. The number of esters is 1. The molecule has 5 atom stereocenters. The first kappa shape index (κ1) is 19.4. The lowest BCUT2D eigenvalue weighted by Crippen LogP contribution is -2.40. The van der Waals surface area contributed by atoms with Crippen molar-refractivity contribution >= 4 is 5.97 Å². The van der Waals surface area contributed by atoms with Gasteiger partial charge in [0.25, 0.3) is 0 Å². The van der Waals surface area contributed by atoms with Crippen molar-refractivity contribution in [3.8, 4) is 0 Å². The van der Waals surface area contributed by atoms with E-state index in [1.54, 1.807) is 6.92 Å². The molecule has 0 saturated carbocycles. The standard InChI is InChI=1S/C17H32O5/c1-5-7-8-17-21-15(6-2)11-16(22-17)10-14(19)9-12(3)20-13(4)18/h12,14-17,19H,5-11H2,1-4H3. The molecule has 5 nitrogen and oxygen atoms in total. The summed E-state index contributed by atoms with van der Waals surface area (Å²) in [5.74, 6) is -0.312. The fraction of sp³-hybridized carbons (Fsp3) is 0.941. The molecule has 1 fully saturated rings. The highest BCUT2D eigenvalue weighted by Gasteiger charge is 2.30. The molecule has 0 amide bonds. The van der Waals surface area contributed by atoms with Gasteiger partial charge in [0, 0.05) is 19.8 Å². The topological polar surface area (TPSA) is 65.0 Å². The Hall–Kier alpha value is -0.650. The van der Waals surface area contributed by atoms with E-state index in [4.69, 9.17) is 14.2 Å². The second-order valence-electron chi connectivity index (χ2n) is 6.28. The maximum absolute atomic E-state index is 10.9. The van der Waals surface area contributed by atoms with Crippen LogP contribution in [-0.4, -0.2) is 41.8 Å². The van der Waals surface area contributed by atoms with Crippen LogP contribution in [0.2, 0.25) is 0 Å². The third-order valence-corrected chi connectivity index (χ3v) is 3.97. The maximum Gasteiger partial charge on any atom is 0.302 e. The van der Waals surface area contributed by atoms with Crippen LogP contribution < -0.4 is 0 Å². The van der Waals surface area contributed by atoms with Gasteiger partial charge in [0.2, 0.25) is 0 Å². The van der Waals surface area contributed by atoms with Crippen molar-refractivity contribution in [3.05, 3.63) is 0 Å². The lowest BCUT2D eigenvalue weighted by atomic mass is 9.99. The molecule has 1 saturated heterocycles. The van der Waals surface area contributed by atoms with Gasteiger partial charge in [0.05, 0.1) is 18.3 Å². The van der Waals surface area contributed by atoms with Gasteiger partial charge in [-0.2, -0.15) is 0 Å². The number of carbonyl (C=O) groups is 1. The normalized spacial score (nSPS) is 28.1. The van der Waals surface area contributed by atoms with Crippen molar-refractivity contribution in [2.45, 2.75) is 103 Å². The summed E-state index contributed by atoms with van der Waals surface area (Å²) in [4.78, 5) is 10.9. The molecule has 1 rings (SSSR count). The van der Waals surface area contributed by atoms with E-state index < -0.39 is 6.10 Å². The zero-order chi connectivity index (χ0) is 16.5. The van der Waals surface area contributed by atoms with Crippen LogP contribution in [0.4, 0.5) is 0 Å². The molecule has 22 heavy (non-hydrogen) atoms. The minimum atomic E-state index is -0.526. The summed E-state index contributed by atoms with van der Waals surface area (Å²) < 4.78 is 16.9. The highest BCUT2D eigenvalue weighted by Crippen LogP contribution is 2.27. The number of hydrogen-bond acceptors (Lipinski definition) is 5. The molecule has 0 aliphatic carbocycles. The number of rotatable bonds is 9. The van der Waals surface area contributed by atoms with Gasteiger partial charge < -0.3 is 19.3 Å². The van der Waals surface area contributed by atoms with Crippen LogP contribution in [0.15, 0.2) is 0 Å². The molecule has 1 heterocycles. The monoisotopic (exact) mass is 316 g/mol. The number of hydrogen-bond donors (Lipinski definition) is 1. The molecule has 0 aromatic carbocycles. The molecule has 1 aliphatic heterocycles. The summed E-state index contributed by atoms with van der Waals surface area (Å²) in [6, 6.07) is 0. The van der Waals surface area contributed by atoms with Gasteiger partial charge in [-0.05, 0) is 32.6 Å². The molecular formula is C17H32O5. The van der Waals surface area contributed by atoms with Crippen LogP contribution >= 0.6 is 0 Å². The SMILES string of the molecule is CCCCC1OC(CC)CC(CC(O)CC(C)OC(C)=O)O1. The Morgan fingerprint density at radius 1 is 1.32 bits per heavy atom. The van der Waals surface area contributed by atoms with Crippen LogP contribution in [0.3, 0.4) is 0 Å². The van der Waals surface area contributed by atoms with Gasteiger partial charge in [-0.15, -0.1) is 0 Å². The van der Waals surface area contributed by atoms with Gasteiger partial charge in [0.15, 0.2) is 6.29 Å². The first-order valence-electron chi connectivity index (χ1n) is 8.60. The van der Waals surface area contributed by atoms with Crippen LogP contribution in [0.1, 0.15) is 72.6 Å². The number of ether oxygens (including phenoxy) is 3. The molecule has 0 bridgehead atoms. The zero-order valence-corrected chi connectivity index (χ0v) is 14.4. The Balaban J connectivity index is 2.42. The average Bonchev–Trinajstić information content (AvgIpc) is 2.43. The smallest absolute Gasteiger partial charge is 0.302 e. The van der Waals surface area contributed by atoms with E-state index in [1.807, 2.05) is 0 Å². The highest BCUT2D eigenvalue weighted by molar-refractivity contribution is 5.66. The minimum absolute atomic E-state index is 0.0140. The van der Waals surface area contributed by atoms with Crippen molar-refractivity contribution in [2.24, 2.45) is 0 Å². The van der Waals surface area contributed by atoms with Crippen molar-refractivity contribution in [3.63, 3.8) is 0 Å². The highest BCUT2D eigenvalue weighted by atomic mass is 16.7.